The van der Waals surface area contributed by atoms with Crippen molar-refractivity contribution in [2.45, 2.75) is 45.7 Å². The van der Waals surface area contributed by atoms with Crippen molar-refractivity contribution < 1.29 is 0 Å². The van der Waals surface area contributed by atoms with Crippen molar-refractivity contribution in [3.8, 4) is 0 Å². The molecule has 3 nitrogen and oxygen atoms in total. The van der Waals surface area contributed by atoms with Gasteiger partial charge in [-0.25, -0.2) is 4.98 Å². The summed E-state index contributed by atoms with van der Waals surface area (Å²) in [4.78, 5) is 7.39. The number of hydrogen-bond donors (Lipinski definition) is 0. The van der Waals surface area contributed by atoms with Crippen LogP contribution in [0.4, 0.5) is 0 Å². The standard InChI is InChI=1S/C17H24ClN3/c1-3-20-10-4-5-14(20)12-21-16-11-13(2)6-7-15(16)19-17(21)8-9-18/h6-7,11,14H,3-5,8-10,12H2,1-2H3. The zero-order valence-electron chi connectivity index (χ0n) is 13.0. The molecular formula is C17H24ClN3. The van der Waals surface area contributed by atoms with Crippen molar-refractivity contribution in [2.75, 3.05) is 19.0 Å². The predicted molar refractivity (Wildman–Crippen MR) is 89.2 cm³/mol. The van der Waals surface area contributed by atoms with Crippen molar-refractivity contribution in [1.82, 2.24) is 14.5 Å². The average Bonchev–Trinajstić information content (AvgIpc) is 3.05. The zero-order chi connectivity index (χ0) is 14.8. The zero-order valence-corrected chi connectivity index (χ0v) is 13.7. The highest BCUT2D eigenvalue weighted by Crippen LogP contribution is 2.24. The summed E-state index contributed by atoms with van der Waals surface area (Å²) in [5.74, 6) is 1.76. The molecule has 1 saturated heterocycles. The van der Waals surface area contributed by atoms with E-state index in [1.54, 1.807) is 0 Å². The summed E-state index contributed by atoms with van der Waals surface area (Å²) in [5, 5.41) is 0. The largest absolute Gasteiger partial charge is 0.326 e. The van der Waals surface area contributed by atoms with Crippen LogP contribution >= 0.6 is 11.6 Å². The number of aryl methyl sites for hydroxylation is 2. The minimum Gasteiger partial charge on any atom is -0.326 e. The van der Waals surface area contributed by atoms with Gasteiger partial charge in [0.1, 0.15) is 5.82 Å². The summed E-state index contributed by atoms with van der Waals surface area (Å²) in [6, 6.07) is 7.16. The van der Waals surface area contributed by atoms with Crippen molar-refractivity contribution >= 4 is 22.6 Å². The summed E-state index contributed by atoms with van der Waals surface area (Å²) >= 11 is 5.98. The van der Waals surface area contributed by atoms with E-state index in [1.165, 1.54) is 30.5 Å². The Morgan fingerprint density at radius 1 is 1.38 bits per heavy atom. The molecule has 0 bridgehead atoms. The van der Waals surface area contributed by atoms with Crippen LogP contribution in [0.15, 0.2) is 18.2 Å². The van der Waals surface area contributed by atoms with Crippen LogP contribution in [0.3, 0.4) is 0 Å². The molecule has 3 rings (SSSR count). The van der Waals surface area contributed by atoms with Gasteiger partial charge >= 0.3 is 0 Å². The molecule has 2 heterocycles. The number of likely N-dealkylation sites (N-methyl/N-ethyl adjacent to an activating group) is 1. The van der Waals surface area contributed by atoms with Gasteiger partial charge in [0, 0.05) is 24.9 Å². The first-order chi connectivity index (χ1) is 10.2. The van der Waals surface area contributed by atoms with Gasteiger partial charge in [-0.1, -0.05) is 13.0 Å². The molecule has 0 amide bonds. The third-order valence-electron chi connectivity index (χ3n) is 4.60. The molecule has 2 aromatic rings. The van der Waals surface area contributed by atoms with E-state index in [0.717, 1.165) is 30.9 Å². The number of likely N-dealkylation sites (tertiary alicyclic amines) is 1. The number of alkyl halides is 1. The van der Waals surface area contributed by atoms with E-state index in [2.05, 4.69) is 41.5 Å². The predicted octanol–water partition coefficient (Wildman–Crippen LogP) is 3.61. The van der Waals surface area contributed by atoms with E-state index in [4.69, 9.17) is 16.6 Å². The molecule has 0 spiro atoms. The Hall–Kier alpha value is -1.06. The molecule has 21 heavy (non-hydrogen) atoms. The minimum absolute atomic E-state index is 0.629. The van der Waals surface area contributed by atoms with Crippen LogP contribution in [0.25, 0.3) is 11.0 Å². The van der Waals surface area contributed by atoms with Gasteiger partial charge in [-0.15, -0.1) is 11.6 Å². The fraction of sp³-hybridized carbons (Fsp3) is 0.588. The van der Waals surface area contributed by atoms with Crippen LogP contribution in [-0.2, 0) is 13.0 Å². The number of halogens is 1. The molecule has 0 N–H and O–H groups in total. The minimum atomic E-state index is 0.629. The SMILES string of the molecule is CCN1CCCC1Cn1c(CCCl)nc2ccc(C)cc21. The monoisotopic (exact) mass is 305 g/mol. The van der Waals surface area contributed by atoms with Crippen LogP contribution in [0.2, 0.25) is 0 Å². The normalized spacial score (nSPS) is 19.7. The Balaban J connectivity index is 1.98. The lowest BCUT2D eigenvalue weighted by molar-refractivity contribution is 0.244. The molecule has 1 aromatic carbocycles. The fourth-order valence-corrected chi connectivity index (χ4v) is 3.66. The van der Waals surface area contributed by atoms with E-state index < -0.39 is 0 Å². The Labute approximate surface area is 131 Å². The van der Waals surface area contributed by atoms with Crippen molar-refractivity contribution in [3.05, 3.63) is 29.6 Å². The maximum absolute atomic E-state index is 5.98. The molecule has 1 atom stereocenters. The van der Waals surface area contributed by atoms with E-state index in [1.807, 2.05) is 0 Å². The maximum atomic E-state index is 5.98. The topological polar surface area (TPSA) is 21.1 Å². The molecular weight excluding hydrogens is 282 g/mol. The van der Waals surface area contributed by atoms with Gasteiger partial charge in [0.05, 0.1) is 11.0 Å². The quantitative estimate of drug-likeness (QED) is 0.787. The van der Waals surface area contributed by atoms with Crippen LogP contribution in [0, 0.1) is 6.92 Å². The summed E-state index contributed by atoms with van der Waals surface area (Å²) < 4.78 is 2.41. The number of aromatic nitrogens is 2. The second-order valence-electron chi connectivity index (χ2n) is 5.99. The van der Waals surface area contributed by atoms with Gasteiger partial charge < -0.3 is 4.57 Å². The third-order valence-corrected chi connectivity index (χ3v) is 4.79. The number of imidazole rings is 1. The summed E-state index contributed by atoms with van der Waals surface area (Å²) in [6.45, 7) is 7.82. The lowest BCUT2D eigenvalue weighted by atomic mass is 10.2. The average molecular weight is 306 g/mol. The molecule has 4 heteroatoms. The Bertz CT molecular complexity index is 620. The van der Waals surface area contributed by atoms with Gasteiger partial charge in [0.25, 0.3) is 0 Å². The first-order valence-electron chi connectivity index (χ1n) is 7.98. The Morgan fingerprint density at radius 2 is 2.24 bits per heavy atom. The Morgan fingerprint density at radius 3 is 3.00 bits per heavy atom. The summed E-state index contributed by atoms with van der Waals surface area (Å²) in [5.41, 5.74) is 3.65. The van der Waals surface area contributed by atoms with Crippen LogP contribution in [0.1, 0.15) is 31.2 Å². The van der Waals surface area contributed by atoms with Crippen molar-refractivity contribution in [2.24, 2.45) is 0 Å². The number of nitrogens with zero attached hydrogens (tertiary/aromatic N) is 3. The van der Waals surface area contributed by atoms with Crippen LogP contribution < -0.4 is 0 Å². The maximum Gasteiger partial charge on any atom is 0.111 e. The van der Waals surface area contributed by atoms with E-state index in [9.17, 15) is 0 Å². The fourth-order valence-electron chi connectivity index (χ4n) is 3.49. The van der Waals surface area contributed by atoms with Gasteiger partial charge in [-0.3, -0.25) is 4.90 Å². The third kappa shape index (κ3) is 2.95. The molecule has 1 aromatic heterocycles. The van der Waals surface area contributed by atoms with Gasteiger partial charge in [0.15, 0.2) is 0 Å². The molecule has 1 aliphatic rings. The number of fused-ring (bicyclic) bond motifs is 1. The molecule has 0 radical (unpaired) electrons. The second kappa shape index (κ2) is 6.37. The summed E-state index contributed by atoms with van der Waals surface area (Å²) in [6.07, 6.45) is 3.45. The number of benzene rings is 1. The molecule has 1 fully saturated rings. The van der Waals surface area contributed by atoms with Crippen LogP contribution in [-0.4, -0.2) is 39.5 Å². The molecule has 114 valence electrons. The second-order valence-corrected chi connectivity index (χ2v) is 6.37. The van der Waals surface area contributed by atoms with E-state index >= 15 is 0 Å². The first kappa shape index (κ1) is 14.9. The summed E-state index contributed by atoms with van der Waals surface area (Å²) in [7, 11) is 0. The molecule has 0 saturated carbocycles. The highest BCUT2D eigenvalue weighted by atomic mass is 35.5. The first-order valence-corrected chi connectivity index (χ1v) is 8.52. The number of hydrogen-bond acceptors (Lipinski definition) is 2. The smallest absolute Gasteiger partial charge is 0.111 e. The molecule has 1 aliphatic heterocycles. The van der Waals surface area contributed by atoms with Gasteiger partial charge in [-0.2, -0.15) is 0 Å². The van der Waals surface area contributed by atoms with Gasteiger partial charge in [0.2, 0.25) is 0 Å². The highest BCUT2D eigenvalue weighted by molar-refractivity contribution is 6.17. The van der Waals surface area contributed by atoms with E-state index in [-0.39, 0.29) is 0 Å². The Kier molecular flexibility index (Phi) is 4.51. The van der Waals surface area contributed by atoms with Crippen LogP contribution in [0.5, 0.6) is 0 Å². The lowest BCUT2D eigenvalue weighted by Crippen LogP contribution is -2.33. The highest BCUT2D eigenvalue weighted by Gasteiger charge is 2.24. The van der Waals surface area contributed by atoms with E-state index in [0.29, 0.717) is 11.9 Å². The van der Waals surface area contributed by atoms with Crippen molar-refractivity contribution in [3.63, 3.8) is 0 Å². The molecule has 1 unspecified atom stereocenters. The lowest BCUT2D eigenvalue weighted by Gasteiger charge is -2.24. The van der Waals surface area contributed by atoms with Gasteiger partial charge in [-0.05, 0) is 50.6 Å². The van der Waals surface area contributed by atoms with Crippen molar-refractivity contribution in [1.29, 1.82) is 0 Å². The molecule has 0 aliphatic carbocycles. The number of rotatable bonds is 5.